The second-order valence-corrected chi connectivity index (χ2v) is 6.36. The maximum Gasteiger partial charge on any atom is 0.242 e. The zero-order chi connectivity index (χ0) is 14.9. The Morgan fingerprint density at radius 3 is 3.00 bits per heavy atom. The highest BCUT2D eigenvalue weighted by molar-refractivity contribution is 5.87. The molecule has 2 aliphatic heterocycles. The van der Waals surface area contributed by atoms with E-state index in [9.17, 15) is 4.79 Å². The van der Waals surface area contributed by atoms with Crippen LogP contribution in [0.3, 0.4) is 0 Å². The molecule has 0 radical (unpaired) electrons. The van der Waals surface area contributed by atoms with Crippen LogP contribution in [0.15, 0.2) is 6.33 Å². The first kappa shape index (κ1) is 14.5. The topological polar surface area (TPSA) is 63.1 Å². The molecule has 0 aliphatic carbocycles. The van der Waals surface area contributed by atoms with Gasteiger partial charge in [0.1, 0.15) is 12.2 Å². The minimum Gasteiger partial charge on any atom is -0.340 e. The number of aryl methyl sites for hydroxylation is 1. The van der Waals surface area contributed by atoms with Crippen molar-refractivity contribution in [3.05, 3.63) is 12.2 Å². The van der Waals surface area contributed by atoms with E-state index in [-0.39, 0.29) is 11.4 Å². The lowest BCUT2D eigenvalue weighted by molar-refractivity contribution is -0.139. The highest BCUT2D eigenvalue weighted by atomic mass is 16.2. The predicted molar refractivity (Wildman–Crippen MR) is 79.8 cm³/mol. The quantitative estimate of drug-likeness (QED) is 0.904. The van der Waals surface area contributed by atoms with Gasteiger partial charge < -0.3 is 14.8 Å². The number of nitrogens with one attached hydrogen (secondary N) is 1. The summed E-state index contributed by atoms with van der Waals surface area (Å²) in [5.74, 6) is 1.59. The molecule has 2 aliphatic rings. The number of likely N-dealkylation sites (tertiary alicyclic amines) is 1. The molecule has 1 aromatic rings. The molecule has 2 atom stereocenters. The van der Waals surface area contributed by atoms with Crippen LogP contribution in [0.25, 0.3) is 0 Å². The Kier molecular flexibility index (Phi) is 3.97. The van der Waals surface area contributed by atoms with Crippen molar-refractivity contribution in [3.63, 3.8) is 0 Å². The molecule has 2 fully saturated rings. The molecular weight excluding hydrogens is 266 g/mol. The van der Waals surface area contributed by atoms with E-state index in [4.69, 9.17) is 0 Å². The van der Waals surface area contributed by atoms with Crippen LogP contribution < -0.4 is 5.32 Å². The van der Waals surface area contributed by atoms with Crippen LogP contribution in [0.1, 0.15) is 50.8 Å². The SMILES string of the molecule is CCC1(C(=O)N2CCCC(c3nncn3C)C2)CCCN1. The third-order valence-corrected chi connectivity index (χ3v) is 5.08. The number of carbonyl (C=O) groups is 1. The monoisotopic (exact) mass is 291 g/mol. The third-order valence-electron chi connectivity index (χ3n) is 5.08. The van der Waals surface area contributed by atoms with Crippen molar-refractivity contribution < 1.29 is 4.79 Å². The largest absolute Gasteiger partial charge is 0.340 e. The Bertz CT molecular complexity index is 506. The summed E-state index contributed by atoms with van der Waals surface area (Å²) in [7, 11) is 1.97. The number of nitrogens with zero attached hydrogens (tertiary/aromatic N) is 4. The summed E-state index contributed by atoms with van der Waals surface area (Å²) in [4.78, 5) is 15.0. The molecule has 1 amide bonds. The van der Waals surface area contributed by atoms with Gasteiger partial charge in [0.15, 0.2) is 0 Å². The summed E-state index contributed by atoms with van der Waals surface area (Å²) in [6.07, 6.45) is 6.80. The zero-order valence-corrected chi connectivity index (χ0v) is 13.0. The average molecular weight is 291 g/mol. The van der Waals surface area contributed by atoms with E-state index in [0.717, 1.165) is 57.6 Å². The smallest absolute Gasteiger partial charge is 0.242 e. The number of carbonyl (C=O) groups excluding carboxylic acids is 1. The minimum absolute atomic E-state index is 0.286. The Morgan fingerprint density at radius 2 is 2.38 bits per heavy atom. The van der Waals surface area contributed by atoms with E-state index in [1.54, 1.807) is 6.33 Å². The Balaban J connectivity index is 1.74. The van der Waals surface area contributed by atoms with E-state index in [0.29, 0.717) is 5.92 Å². The van der Waals surface area contributed by atoms with Crippen molar-refractivity contribution >= 4 is 5.91 Å². The lowest BCUT2D eigenvalue weighted by atomic mass is 9.89. The van der Waals surface area contributed by atoms with Crippen molar-refractivity contribution in [3.8, 4) is 0 Å². The molecule has 3 heterocycles. The van der Waals surface area contributed by atoms with Crippen LogP contribution in [0.4, 0.5) is 0 Å². The first-order chi connectivity index (χ1) is 10.2. The Hall–Kier alpha value is -1.43. The lowest BCUT2D eigenvalue weighted by Gasteiger charge is -2.38. The average Bonchev–Trinajstić information content (AvgIpc) is 3.16. The molecule has 0 bridgehead atoms. The number of hydrogen-bond donors (Lipinski definition) is 1. The number of rotatable bonds is 3. The van der Waals surface area contributed by atoms with E-state index in [2.05, 4.69) is 22.4 Å². The Morgan fingerprint density at radius 1 is 1.52 bits per heavy atom. The van der Waals surface area contributed by atoms with E-state index in [1.807, 2.05) is 16.5 Å². The van der Waals surface area contributed by atoms with Crippen molar-refractivity contribution in [2.75, 3.05) is 19.6 Å². The van der Waals surface area contributed by atoms with Crippen molar-refractivity contribution in [2.24, 2.45) is 7.05 Å². The summed E-state index contributed by atoms with van der Waals surface area (Å²) in [6, 6.07) is 0. The van der Waals surface area contributed by atoms with Gasteiger partial charge in [-0.05, 0) is 38.6 Å². The fraction of sp³-hybridized carbons (Fsp3) is 0.800. The standard InChI is InChI=1S/C15H25N5O/c1-3-15(7-5-8-16-15)14(21)20-9-4-6-12(10-20)13-18-17-11-19(13)2/h11-12,16H,3-10H2,1-2H3. The summed E-state index contributed by atoms with van der Waals surface area (Å²) in [5, 5.41) is 11.7. The molecule has 0 saturated carbocycles. The van der Waals surface area contributed by atoms with Gasteiger partial charge in [0.2, 0.25) is 5.91 Å². The van der Waals surface area contributed by atoms with Gasteiger partial charge in [-0.2, -0.15) is 0 Å². The van der Waals surface area contributed by atoms with Gasteiger partial charge in [-0.3, -0.25) is 4.79 Å². The van der Waals surface area contributed by atoms with Gasteiger partial charge in [-0.25, -0.2) is 0 Å². The second kappa shape index (κ2) is 5.75. The van der Waals surface area contributed by atoms with Gasteiger partial charge in [-0.15, -0.1) is 10.2 Å². The maximum absolute atomic E-state index is 13.0. The molecule has 21 heavy (non-hydrogen) atoms. The van der Waals surface area contributed by atoms with Crippen LogP contribution in [-0.4, -0.2) is 50.7 Å². The number of piperidine rings is 1. The molecule has 0 aromatic carbocycles. The predicted octanol–water partition coefficient (Wildman–Crippen LogP) is 1.05. The Labute approximate surface area is 125 Å². The van der Waals surface area contributed by atoms with Crippen LogP contribution >= 0.6 is 0 Å². The molecule has 2 unspecified atom stereocenters. The number of amides is 1. The molecule has 1 N–H and O–H groups in total. The molecule has 1 aromatic heterocycles. The molecule has 6 nitrogen and oxygen atoms in total. The van der Waals surface area contributed by atoms with Gasteiger partial charge in [0.25, 0.3) is 0 Å². The lowest BCUT2D eigenvalue weighted by Crippen LogP contribution is -2.56. The first-order valence-corrected chi connectivity index (χ1v) is 8.04. The van der Waals surface area contributed by atoms with Crippen LogP contribution in [0.2, 0.25) is 0 Å². The number of hydrogen-bond acceptors (Lipinski definition) is 4. The van der Waals surface area contributed by atoms with Gasteiger partial charge in [-0.1, -0.05) is 6.92 Å². The van der Waals surface area contributed by atoms with E-state index in [1.165, 1.54) is 0 Å². The van der Waals surface area contributed by atoms with Crippen LogP contribution in [-0.2, 0) is 11.8 Å². The van der Waals surface area contributed by atoms with Crippen LogP contribution in [0.5, 0.6) is 0 Å². The molecule has 3 rings (SSSR count). The van der Waals surface area contributed by atoms with E-state index < -0.39 is 0 Å². The summed E-state index contributed by atoms with van der Waals surface area (Å²) < 4.78 is 1.97. The van der Waals surface area contributed by atoms with Gasteiger partial charge in [0, 0.05) is 26.1 Å². The first-order valence-electron chi connectivity index (χ1n) is 8.04. The second-order valence-electron chi connectivity index (χ2n) is 6.36. The van der Waals surface area contributed by atoms with E-state index >= 15 is 0 Å². The van der Waals surface area contributed by atoms with Crippen molar-refractivity contribution in [1.29, 1.82) is 0 Å². The summed E-state index contributed by atoms with van der Waals surface area (Å²) in [5.41, 5.74) is -0.318. The molecule has 2 saturated heterocycles. The molecule has 0 spiro atoms. The number of aromatic nitrogens is 3. The highest BCUT2D eigenvalue weighted by Crippen LogP contribution is 2.30. The van der Waals surface area contributed by atoms with Gasteiger partial charge in [0.05, 0.1) is 5.54 Å². The molecular formula is C15H25N5O. The normalized spacial score (nSPS) is 29.8. The third kappa shape index (κ3) is 2.57. The fourth-order valence-corrected chi connectivity index (χ4v) is 3.78. The molecule has 6 heteroatoms. The van der Waals surface area contributed by atoms with Gasteiger partial charge >= 0.3 is 0 Å². The fourth-order valence-electron chi connectivity index (χ4n) is 3.78. The zero-order valence-electron chi connectivity index (χ0n) is 13.0. The minimum atomic E-state index is -0.318. The van der Waals surface area contributed by atoms with Crippen LogP contribution in [0, 0.1) is 0 Å². The molecule has 116 valence electrons. The summed E-state index contributed by atoms with van der Waals surface area (Å²) >= 11 is 0. The van der Waals surface area contributed by atoms with Crippen molar-refractivity contribution in [1.82, 2.24) is 25.0 Å². The maximum atomic E-state index is 13.0. The van der Waals surface area contributed by atoms with Crippen molar-refractivity contribution in [2.45, 2.75) is 50.5 Å². The highest BCUT2D eigenvalue weighted by Gasteiger charge is 2.43. The summed E-state index contributed by atoms with van der Waals surface area (Å²) in [6.45, 7) is 4.71.